The van der Waals surface area contributed by atoms with Crippen molar-refractivity contribution in [1.82, 2.24) is 5.32 Å². The Morgan fingerprint density at radius 1 is 0.968 bits per heavy atom. The number of aliphatic carboxylic acids is 1. The van der Waals surface area contributed by atoms with Crippen molar-refractivity contribution in [3.63, 3.8) is 0 Å². The second-order valence-corrected chi connectivity index (χ2v) is 9.13. The van der Waals surface area contributed by atoms with Crippen molar-refractivity contribution < 1.29 is 14.6 Å². The van der Waals surface area contributed by atoms with Crippen molar-refractivity contribution in [3.05, 3.63) is 77.4 Å². The molecule has 2 N–H and O–H groups in total. The molecule has 0 spiro atoms. The third-order valence-electron chi connectivity index (χ3n) is 6.03. The van der Waals surface area contributed by atoms with Crippen molar-refractivity contribution in [2.45, 2.75) is 52.3 Å². The molecule has 4 rings (SSSR count). The highest BCUT2D eigenvalue weighted by molar-refractivity contribution is 5.84. The van der Waals surface area contributed by atoms with E-state index in [1.54, 1.807) is 0 Å². The van der Waals surface area contributed by atoms with Gasteiger partial charge in [-0.05, 0) is 70.8 Å². The number of hydrogen-bond donors (Lipinski definition) is 2. The van der Waals surface area contributed by atoms with Crippen molar-refractivity contribution in [2.75, 3.05) is 0 Å². The van der Waals surface area contributed by atoms with Gasteiger partial charge in [0.1, 0.15) is 12.4 Å². The van der Waals surface area contributed by atoms with Crippen LogP contribution in [0.3, 0.4) is 0 Å². The third kappa shape index (κ3) is 5.65. The van der Waals surface area contributed by atoms with Crippen molar-refractivity contribution in [3.8, 4) is 5.75 Å². The predicted molar refractivity (Wildman–Crippen MR) is 124 cm³/mol. The van der Waals surface area contributed by atoms with Crippen LogP contribution in [0.5, 0.6) is 5.75 Å². The smallest absolute Gasteiger partial charge is 0.306 e. The van der Waals surface area contributed by atoms with E-state index in [4.69, 9.17) is 9.84 Å². The molecule has 31 heavy (non-hydrogen) atoms. The molecule has 4 heteroatoms. The van der Waals surface area contributed by atoms with Gasteiger partial charge in [-0.15, -0.1) is 0 Å². The van der Waals surface area contributed by atoms with Crippen molar-refractivity contribution in [1.29, 1.82) is 0 Å². The van der Waals surface area contributed by atoms with Crippen LogP contribution in [0, 0.1) is 11.8 Å². The lowest BCUT2D eigenvalue weighted by Gasteiger charge is -2.33. The Bertz CT molecular complexity index is 1040. The van der Waals surface area contributed by atoms with Crippen molar-refractivity contribution >= 4 is 16.7 Å². The maximum atomic E-state index is 10.9. The second-order valence-electron chi connectivity index (χ2n) is 9.13. The molecule has 0 aromatic heterocycles. The molecule has 0 aliphatic heterocycles. The summed E-state index contributed by atoms with van der Waals surface area (Å²) in [4.78, 5) is 10.9. The molecule has 0 bridgehead atoms. The van der Waals surface area contributed by atoms with Crippen LogP contribution in [0.2, 0.25) is 0 Å². The average molecular weight is 418 g/mol. The number of carboxylic acid groups (broad SMARTS) is 1. The summed E-state index contributed by atoms with van der Waals surface area (Å²) in [7, 11) is 0. The maximum absolute atomic E-state index is 10.9. The molecule has 0 radical (unpaired) electrons. The van der Waals surface area contributed by atoms with E-state index in [0.29, 0.717) is 18.6 Å². The van der Waals surface area contributed by atoms with E-state index < -0.39 is 5.97 Å². The predicted octanol–water partition coefficient (Wildman–Crippen LogP) is 5.57. The fraction of sp³-hybridized carbons (Fsp3) is 0.370. The summed E-state index contributed by atoms with van der Waals surface area (Å²) >= 11 is 0. The van der Waals surface area contributed by atoms with Gasteiger partial charge >= 0.3 is 5.97 Å². The Hall–Kier alpha value is -2.85. The average Bonchev–Trinajstić information content (AvgIpc) is 2.71. The van der Waals surface area contributed by atoms with Gasteiger partial charge < -0.3 is 15.2 Å². The SMILES string of the molecule is CC(C)Cc1ccc(COc2ccc3cc(CNC4CC(C(=O)O)C4)ccc3c2)cc1. The van der Waals surface area contributed by atoms with Crippen LogP contribution in [-0.4, -0.2) is 17.1 Å². The van der Waals surface area contributed by atoms with Crippen LogP contribution in [0.4, 0.5) is 0 Å². The zero-order valence-electron chi connectivity index (χ0n) is 18.3. The van der Waals surface area contributed by atoms with Crippen LogP contribution in [0.1, 0.15) is 43.4 Å². The summed E-state index contributed by atoms with van der Waals surface area (Å²) in [5, 5.41) is 14.8. The molecule has 1 aliphatic carbocycles. The van der Waals surface area contributed by atoms with Gasteiger partial charge in [-0.1, -0.05) is 56.3 Å². The molecule has 1 saturated carbocycles. The minimum Gasteiger partial charge on any atom is -0.489 e. The lowest BCUT2D eigenvalue weighted by molar-refractivity contribution is -0.145. The Balaban J connectivity index is 1.31. The highest BCUT2D eigenvalue weighted by atomic mass is 16.5. The summed E-state index contributed by atoms with van der Waals surface area (Å²) in [6.45, 7) is 5.80. The Labute approximate surface area is 184 Å². The molecule has 0 amide bonds. The zero-order chi connectivity index (χ0) is 21.8. The van der Waals surface area contributed by atoms with E-state index in [1.807, 2.05) is 6.07 Å². The van der Waals surface area contributed by atoms with Gasteiger partial charge in [0, 0.05) is 12.6 Å². The first-order chi connectivity index (χ1) is 15.0. The number of rotatable bonds is 9. The lowest BCUT2D eigenvalue weighted by atomic mass is 9.80. The Kier molecular flexibility index (Phi) is 6.57. The first-order valence-electron chi connectivity index (χ1n) is 11.2. The van der Waals surface area contributed by atoms with Crippen LogP contribution in [0.25, 0.3) is 10.8 Å². The maximum Gasteiger partial charge on any atom is 0.306 e. The quantitative estimate of drug-likeness (QED) is 0.478. The van der Waals surface area contributed by atoms with Gasteiger partial charge in [-0.25, -0.2) is 0 Å². The van der Waals surface area contributed by atoms with Gasteiger partial charge in [-0.2, -0.15) is 0 Å². The largest absolute Gasteiger partial charge is 0.489 e. The standard InChI is InChI=1S/C27H31NO3/c1-18(2)11-19-3-5-20(6-4-19)17-31-26-10-9-22-12-21(7-8-23(22)15-26)16-28-25-13-24(14-25)27(29)30/h3-10,12,15,18,24-25,28H,11,13-14,16-17H2,1-2H3,(H,29,30). The normalized spacial score (nSPS) is 18.2. The molecule has 4 nitrogen and oxygen atoms in total. The minimum absolute atomic E-state index is 0.175. The summed E-state index contributed by atoms with van der Waals surface area (Å²) in [5.74, 6) is 0.688. The molecular weight excluding hydrogens is 386 g/mol. The van der Waals surface area contributed by atoms with E-state index in [0.717, 1.165) is 36.9 Å². The van der Waals surface area contributed by atoms with Gasteiger partial charge in [0.2, 0.25) is 0 Å². The Morgan fingerprint density at radius 3 is 2.32 bits per heavy atom. The van der Waals surface area contributed by atoms with E-state index in [9.17, 15) is 4.79 Å². The van der Waals surface area contributed by atoms with Gasteiger partial charge in [0.05, 0.1) is 5.92 Å². The molecule has 0 heterocycles. The number of benzene rings is 3. The monoisotopic (exact) mass is 417 g/mol. The number of fused-ring (bicyclic) bond motifs is 1. The van der Waals surface area contributed by atoms with Gasteiger partial charge in [-0.3, -0.25) is 4.79 Å². The van der Waals surface area contributed by atoms with E-state index in [2.05, 4.69) is 73.8 Å². The number of nitrogens with one attached hydrogen (secondary N) is 1. The summed E-state index contributed by atoms with van der Waals surface area (Å²) in [5.41, 5.74) is 3.75. The Morgan fingerprint density at radius 2 is 1.61 bits per heavy atom. The molecule has 1 aliphatic rings. The number of carboxylic acids is 1. The number of ether oxygens (including phenoxy) is 1. The summed E-state index contributed by atoms with van der Waals surface area (Å²) in [6, 6.07) is 21.7. The number of hydrogen-bond acceptors (Lipinski definition) is 3. The second kappa shape index (κ2) is 9.52. The molecule has 1 fully saturated rings. The highest BCUT2D eigenvalue weighted by Crippen LogP contribution is 2.28. The van der Waals surface area contributed by atoms with Crippen LogP contribution in [-0.2, 0) is 24.4 Å². The molecule has 162 valence electrons. The molecule has 3 aromatic rings. The first kappa shape index (κ1) is 21.4. The van der Waals surface area contributed by atoms with E-state index in [-0.39, 0.29) is 5.92 Å². The highest BCUT2D eigenvalue weighted by Gasteiger charge is 2.33. The minimum atomic E-state index is -0.676. The summed E-state index contributed by atoms with van der Waals surface area (Å²) in [6.07, 6.45) is 2.56. The lowest BCUT2D eigenvalue weighted by Crippen LogP contribution is -2.43. The molecular formula is C27H31NO3. The molecule has 0 saturated heterocycles. The zero-order valence-corrected chi connectivity index (χ0v) is 18.3. The molecule has 0 atom stereocenters. The summed E-state index contributed by atoms with van der Waals surface area (Å²) < 4.78 is 6.02. The van der Waals surface area contributed by atoms with Crippen LogP contribution in [0.15, 0.2) is 60.7 Å². The third-order valence-corrected chi connectivity index (χ3v) is 6.03. The first-order valence-corrected chi connectivity index (χ1v) is 11.2. The molecule has 3 aromatic carbocycles. The fourth-order valence-electron chi connectivity index (χ4n) is 4.13. The topological polar surface area (TPSA) is 58.6 Å². The fourth-order valence-corrected chi connectivity index (χ4v) is 4.13. The van der Waals surface area contributed by atoms with Gasteiger partial charge in [0.25, 0.3) is 0 Å². The van der Waals surface area contributed by atoms with E-state index >= 15 is 0 Å². The van der Waals surface area contributed by atoms with Gasteiger partial charge in [0.15, 0.2) is 0 Å². The molecule has 0 unspecified atom stereocenters. The van der Waals surface area contributed by atoms with Crippen LogP contribution < -0.4 is 10.1 Å². The van der Waals surface area contributed by atoms with Crippen molar-refractivity contribution in [2.24, 2.45) is 11.8 Å². The van der Waals surface area contributed by atoms with E-state index in [1.165, 1.54) is 22.1 Å². The van der Waals surface area contributed by atoms with Crippen LogP contribution >= 0.6 is 0 Å². The number of carbonyl (C=O) groups is 1.